The zero-order valence-corrected chi connectivity index (χ0v) is 10.8. The highest BCUT2D eigenvalue weighted by atomic mass is 16.1. The molecule has 0 aliphatic carbocycles. The lowest BCUT2D eigenvalue weighted by molar-refractivity contribution is -0.114. The molecule has 0 saturated heterocycles. The number of likely N-dealkylation sites (N-methyl/N-ethyl adjacent to an activating group) is 1. The Kier molecular flexibility index (Phi) is 3.09. The Morgan fingerprint density at radius 3 is 2.53 bits per heavy atom. The minimum absolute atomic E-state index is 0.289. The van der Waals surface area contributed by atoms with Crippen LogP contribution in [-0.4, -0.2) is 33.0 Å². The summed E-state index contributed by atoms with van der Waals surface area (Å²) in [5, 5.41) is 0. The van der Waals surface area contributed by atoms with E-state index < -0.39 is 0 Å². The lowest BCUT2D eigenvalue weighted by atomic mass is 9.94. The van der Waals surface area contributed by atoms with E-state index in [9.17, 15) is 4.79 Å². The molecule has 0 unspecified atom stereocenters. The van der Waals surface area contributed by atoms with Gasteiger partial charge >= 0.3 is 0 Å². The van der Waals surface area contributed by atoms with Crippen molar-refractivity contribution in [2.45, 2.75) is 13.8 Å². The summed E-state index contributed by atoms with van der Waals surface area (Å²) in [5.41, 5.74) is 2.19. The van der Waals surface area contributed by atoms with Crippen LogP contribution in [0.2, 0.25) is 0 Å². The lowest BCUT2D eigenvalue weighted by Gasteiger charge is -2.39. The average Bonchev–Trinajstić information content (AvgIpc) is 2.33. The number of rotatable bonds is 3. The molecule has 17 heavy (non-hydrogen) atoms. The lowest BCUT2D eigenvalue weighted by Crippen LogP contribution is -2.43. The molecule has 1 heterocycles. The molecule has 0 fully saturated rings. The van der Waals surface area contributed by atoms with Crippen LogP contribution in [0.25, 0.3) is 0 Å². The van der Waals surface area contributed by atoms with Crippen molar-refractivity contribution in [3.63, 3.8) is 0 Å². The Hall–Kier alpha value is -1.51. The molecule has 0 saturated carbocycles. The number of carbonyl (C=O) groups excluding carboxylic acids is 1. The third kappa shape index (κ3) is 2.43. The molecule has 0 N–H and O–H groups in total. The minimum Gasteiger partial charge on any atom is -0.371 e. The third-order valence-corrected chi connectivity index (χ3v) is 3.26. The first-order chi connectivity index (χ1) is 8.03. The van der Waals surface area contributed by atoms with Crippen molar-refractivity contribution in [1.82, 2.24) is 0 Å². The maximum Gasteiger partial charge on any atom is 0.127 e. The van der Waals surface area contributed by atoms with Gasteiger partial charge in [-0.2, -0.15) is 0 Å². The van der Waals surface area contributed by atoms with E-state index in [1.165, 1.54) is 11.4 Å². The van der Waals surface area contributed by atoms with Crippen molar-refractivity contribution >= 4 is 17.7 Å². The van der Waals surface area contributed by atoms with Crippen LogP contribution in [0.1, 0.15) is 13.8 Å². The number of anilines is 2. The molecule has 1 aromatic carbocycles. The fraction of sp³-hybridized carbons (Fsp3) is 0.500. The second-order valence-electron chi connectivity index (χ2n) is 5.44. The molecule has 0 bridgehead atoms. The summed E-state index contributed by atoms with van der Waals surface area (Å²) in [5.74, 6) is 0. The van der Waals surface area contributed by atoms with Gasteiger partial charge in [0, 0.05) is 32.1 Å². The molecule has 0 amide bonds. The molecule has 2 rings (SSSR count). The van der Waals surface area contributed by atoms with Crippen molar-refractivity contribution in [2.24, 2.45) is 5.41 Å². The average molecular weight is 232 g/mol. The Bertz CT molecular complexity index is 414. The number of hydrogen-bond acceptors (Lipinski definition) is 3. The van der Waals surface area contributed by atoms with E-state index in [-0.39, 0.29) is 5.41 Å². The number of aldehydes is 1. The number of fused-ring (bicyclic) bond motifs is 1. The minimum atomic E-state index is -0.289. The smallest absolute Gasteiger partial charge is 0.127 e. The van der Waals surface area contributed by atoms with E-state index in [2.05, 4.69) is 41.1 Å². The van der Waals surface area contributed by atoms with Crippen LogP contribution in [0.5, 0.6) is 0 Å². The molecular weight excluding hydrogens is 212 g/mol. The molecule has 1 aliphatic heterocycles. The van der Waals surface area contributed by atoms with Crippen molar-refractivity contribution < 1.29 is 4.79 Å². The van der Waals surface area contributed by atoms with Gasteiger partial charge < -0.3 is 14.6 Å². The van der Waals surface area contributed by atoms with Crippen LogP contribution in [0.3, 0.4) is 0 Å². The van der Waals surface area contributed by atoms with Gasteiger partial charge in [-0.1, -0.05) is 26.0 Å². The summed E-state index contributed by atoms with van der Waals surface area (Å²) < 4.78 is 0. The van der Waals surface area contributed by atoms with Crippen LogP contribution in [0, 0.1) is 5.41 Å². The van der Waals surface area contributed by atoms with E-state index >= 15 is 0 Å². The second kappa shape index (κ2) is 4.40. The van der Waals surface area contributed by atoms with E-state index in [1.54, 1.807) is 0 Å². The van der Waals surface area contributed by atoms with E-state index in [4.69, 9.17) is 0 Å². The fourth-order valence-corrected chi connectivity index (χ4v) is 2.26. The quantitative estimate of drug-likeness (QED) is 0.746. The maximum absolute atomic E-state index is 11.0. The summed E-state index contributed by atoms with van der Waals surface area (Å²) in [6, 6.07) is 8.38. The first kappa shape index (κ1) is 12.0. The zero-order chi connectivity index (χ0) is 12.5. The molecule has 92 valence electrons. The van der Waals surface area contributed by atoms with Gasteiger partial charge in [0.15, 0.2) is 0 Å². The van der Waals surface area contributed by atoms with E-state index in [1.807, 2.05) is 13.8 Å². The summed E-state index contributed by atoms with van der Waals surface area (Å²) in [6.07, 6.45) is 1.05. The number of benzene rings is 1. The van der Waals surface area contributed by atoms with Crippen molar-refractivity contribution in [1.29, 1.82) is 0 Å². The molecule has 3 heteroatoms. The van der Waals surface area contributed by atoms with Gasteiger partial charge in [0.2, 0.25) is 0 Å². The standard InChI is InChI=1S/C14H20N2O/c1-14(2,11-17)10-16-9-8-15(3)12-6-4-5-7-13(12)16/h4-7,11H,8-10H2,1-3H3. The second-order valence-corrected chi connectivity index (χ2v) is 5.44. The first-order valence-electron chi connectivity index (χ1n) is 6.05. The van der Waals surface area contributed by atoms with Gasteiger partial charge in [0.1, 0.15) is 6.29 Å². The Labute approximate surface area is 103 Å². The molecule has 0 radical (unpaired) electrons. The Balaban J connectivity index is 2.27. The van der Waals surface area contributed by atoms with Gasteiger partial charge in [0.25, 0.3) is 0 Å². The summed E-state index contributed by atoms with van der Waals surface area (Å²) in [6.45, 7) is 6.74. The van der Waals surface area contributed by atoms with Crippen LogP contribution < -0.4 is 9.80 Å². The largest absolute Gasteiger partial charge is 0.371 e. The highest BCUT2D eigenvalue weighted by molar-refractivity contribution is 5.74. The zero-order valence-electron chi connectivity index (χ0n) is 10.8. The number of carbonyl (C=O) groups is 1. The highest BCUT2D eigenvalue weighted by Crippen LogP contribution is 2.33. The van der Waals surface area contributed by atoms with E-state index in [0.717, 1.165) is 25.9 Å². The molecule has 0 atom stereocenters. The van der Waals surface area contributed by atoms with Crippen molar-refractivity contribution in [2.75, 3.05) is 36.5 Å². The van der Waals surface area contributed by atoms with Crippen LogP contribution in [0.4, 0.5) is 11.4 Å². The normalized spacial score (nSPS) is 15.7. The van der Waals surface area contributed by atoms with Crippen LogP contribution >= 0.6 is 0 Å². The van der Waals surface area contributed by atoms with Crippen LogP contribution in [-0.2, 0) is 4.79 Å². The maximum atomic E-state index is 11.0. The molecule has 3 nitrogen and oxygen atoms in total. The topological polar surface area (TPSA) is 23.6 Å². The molecule has 1 aliphatic rings. The van der Waals surface area contributed by atoms with Gasteiger partial charge in [0.05, 0.1) is 11.4 Å². The number of para-hydroxylation sites is 2. The van der Waals surface area contributed by atoms with Gasteiger partial charge in [-0.05, 0) is 12.1 Å². The number of hydrogen-bond donors (Lipinski definition) is 0. The summed E-state index contributed by atoms with van der Waals surface area (Å²) in [4.78, 5) is 15.6. The first-order valence-corrected chi connectivity index (χ1v) is 6.05. The summed E-state index contributed by atoms with van der Waals surface area (Å²) in [7, 11) is 2.11. The molecule has 0 aromatic heterocycles. The monoisotopic (exact) mass is 232 g/mol. The third-order valence-electron chi connectivity index (χ3n) is 3.26. The predicted molar refractivity (Wildman–Crippen MR) is 71.8 cm³/mol. The van der Waals surface area contributed by atoms with Crippen molar-refractivity contribution in [3.8, 4) is 0 Å². The van der Waals surface area contributed by atoms with Gasteiger partial charge in [-0.3, -0.25) is 0 Å². The fourth-order valence-electron chi connectivity index (χ4n) is 2.26. The van der Waals surface area contributed by atoms with Gasteiger partial charge in [-0.25, -0.2) is 0 Å². The summed E-state index contributed by atoms with van der Waals surface area (Å²) >= 11 is 0. The molecule has 1 aromatic rings. The Morgan fingerprint density at radius 1 is 1.24 bits per heavy atom. The van der Waals surface area contributed by atoms with E-state index in [0.29, 0.717) is 0 Å². The number of nitrogens with zero attached hydrogens (tertiary/aromatic N) is 2. The SMILES string of the molecule is CN1CCN(CC(C)(C)C=O)c2ccccc21. The van der Waals surface area contributed by atoms with Gasteiger partial charge in [-0.15, -0.1) is 0 Å². The predicted octanol–water partition coefficient (Wildman–Crippen LogP) is 2.17. The molecular formula is C14H20N2O. The molecule has 0 spiro atoms. The highest BCUT2D eigenvalue weighted by Gasteiger charge is 2.26. The van der Waals surface area contributed by atoms with Crippen LogP contribution in [0.15, 0.2) is 24.3 Å². The Morgan fingerprint density at radius 2 is 1.88 bits per heavy atom. The van der Waals surface area contributed by atoms with Crippen molar-refractivity contribution in [3.05, 3.63) is 24.3 Å².